The van der Waals surface area contributed by atoms with E-state index >= 15 is 0 Å². The van der Waals surface area contributed by atoms with Gasteiger partial charge >= 0.3 is 12.0 Å². The van der Waals surface area contributed by atoms with Gasteiger partial charge < -0.3 is 21.5 Å². The third kappa shape index (κ3) is 7.09. The molecule has 1 aromatic rings. The summed E-state index contributed by atoms with van der Waals surface area (Å²) in [6.45, 7) is 0.390. The van der Waals surface area contributed by atoms with Crippen LogP contribution in [0.1, 0.15) is 17.7 Å². The van der Waals surface area contributed by atoms with Gasteiger partial charge in [0.25, 0.3) is 0 Å². The summed E-state index contributed by atoms with van der Waals surface area (Å²) in [6, 6.07) is 2.15. The van der Waals surface area contributed by atoms with Crippen LogP contribution in [0.4, 0.5) is 4.79 Å². The summed E-state index contributed by atoms with van der Waals surface area (Å²) in [4.78, 5) is 34.3. The minimum Gasteiger partial charge on any atom is -0.480 e. The average Bonchev–Trinajstić information content (AvgIpc) is 2.79. The van der Waals surface area contributed by atoms with Crippen molar-refractivity contribution in [1.29, 1.82) is 0 Å². The van der Waals surface area contributed by atoms with E-state index in [1.807, 2.05) is 12.1 Å². The molecular formula is C12H16BrN3O4S. The molecule has 3 amide bonds. The molecular weight excluding hydrogens is 362 g/mol. The fourth-order valence-electron chi connectivity index (χ4n) is 1.54. The van der Waals surface area contributed by atoms with Gasteiger partial charge in [-0.3, -0.25) is 4.79 Å². The smallest absolute Gasteiger partial charge is 0.326 e. The number of carbonyl (C=O) groups excluding carboxylic acids is 2. The first-order valence-corrected chi connectivity index (χ1v) is 7.79. The number of primary amides is 1. The molecule has 0 aromatic carbocycles. The van der Waals surface area contributed by atoms with Gasteiger partial charge in [-0.2, -0.15) is 0 Å². The molecule has 0 radical (unpaired) electrons. The number of rotatable bonds is 8. The largest absolute Gasteiger partial charge is 0.480 e. The van der Waals surface area contributed by atoms with Crippen molar-refractivity contribution in [3.63, 3.8) is 0 Å². The Morgan fingerprint density at radius 1 is 1.38 bits per heavy atom. The first kappa shape index (κ1) is 17.4. The van der Waals surface area contributed by atoms with Gasteiger partial charge in [-0.05, 0) is 40.9 Å². The maximum atomic E-state index is 11.6. The lowest BCUT2D eigenvalue weighted by molar-refractivity contribution is -0.139. The Hall–Kier alpha value is -1.61. The molecule has 0 bridgehead atoms. The van der Waals surface area contributed by atoms with Gasteiger partial charge in [-0.15, -0.1) is 11.3 Å². The number of thiophene rings is 1. The predicted molar refractivity (Wildman–Crippen MR) is 82.1 cm³/mol. The fourth-order valence-corrected chi connectivity index (χ4v) is 3.02. The lowest BCUT2D eigenvalue weighted by atomic mass is 10.1. The molecule has 0 unspecified atom stereocenters. The van der Waals surface area contributed by atoms with Gasteiger partial charge in [0, 0.05) is 17.8 Å². The Labute approximate surface area is 134 Å². The van der Waals surface area contributed by atoms with E-state index < -0.39 is 23.9 Å². The van der Waals surface area contributed by atoms with E-state index in [9.17, 15) is 14.4 Å². The lowest BCUT2D eigenvalue weighted by Gasteiger charge is -2.14. The lowest BCUT2D eigenvalue weighted by Crippen LogP contribution is -2.46. The molecule has 1 aromatic heterocycles. The number of hydrogen-bond acceptors (Lipinski definition) is 4. The van der Waals surface area contributed by atoms with Crippen LogP contribution in [0.2, 0.25) is 0 Å². The molecule has 21 heavy (non-hydrogen) atoms. The number of carbonyl (C=O) groups is 3. The maximum absolute atomic E-state index is 11.6. The van der Waals surface area contributed by atoms with E-state index in [2.05, 4.69) is 26.6 Å². The van der Waals surface area contributed by atoms with E-state index in [0.29, 0.717) is 13.0 Å². The summed E-state index contributed by atoms with van der Waals surface area (Å²) in [5.74, 6) is -1.81. The number of urea groups is 1. The molecule has 1 atom stereocenters. The van der Waals surface area contributed by atoms with Crippen LogP contribution in [0.25, 0.3) is 0 Å². The summed E-state index contributed by atoms with van der Waals surface area (Å²) in [6.07, 6.45) is 0.527. The summed E-state index contributed by atoms with van der Waals surface area (Å²) in [5, 5.41) is 13.8. The number of carboxylic acids is 1. The van der Waals surface area contributed by atoms with E-state index in [1.165, 1.54) is 0 Å². The second kappa shape index (κ2) is 8.63. The van der Waals surface area contributed by atoms with Crippen LogP contribution in [0.5, 0.6) is 0 Å². The molecule has 0 saturated heterocycles. The van der Waals surface area contributed by atoms with Crippen LogP contribution in [0, 0.1) is 0 Å². The second-order valence-corrected chi connectivity index (χ2v) is 6.80. The average molecular weight is 378 g/mol. The molecule has 0 aliphatic carbocycles. The number of amides is 3. The van der Waals surface area contributed by atoms with Crippen molar-refractivity contribution in [1.82, 2.24) is 10.6 Å². The quantitative estimate of drug-likeness (QED) is 0.541. The van der Waals surface area contributed by atoms with E-state index in [-0.39, 0.29) is 12.8 Å². The zero-order valence-electron chi connectivity index (χ0n) is 11.1. The van der Waals surface area contributed by atoms with Gasteiger partial charge in [0.2, 0.25) is 5.91 Å². The minimum atomic E-state index is -1.20. The summed E-state index contributed by atoms with van der Waals surface area (Å²) in [5.41, 5.74) is 4.96. The van der Waals surface area contributed by atoms with Gasteiger partial charge in [0.1, 0.15) is 6.04 Å². The molecule has 0 saturated carbocycles. The van der Waals surface area contributed by atoms with Crippen LogP contribution < -0.4 is 16.4 Å². The number of halogens is 1. The topological polar surface area (TPSA) is 122 Å². The zero-order chi connectivity index (χ0) is 15.8. The van der Waals surface area contributed by atoms with Crippen molar-refractivity contribution >= 4 is 45.2 Å². The highest BCUT2D eigenvalue weighted by Crippen LogP contribution is 2.21. The highest BCUT2D eigenvalue weighted by atomic mass is 79.9. The molecule has 0 aliphatic rings. The van der Waals surface area contributed by atoms with Gasteiger partial charge in [0.15, 0.2) is 0 Å². The van der Waals surface area contributed by atoms with Crippen molar-refractivity contribution in [3.8, 4) is 0 Å². The van der Waals surface area contributed by atoms with Crippen LogP contribution >= 0.6 is 27.3 Å². The number of nitrogens with one attached hydrogen (secondary N) is 2. The SMILES string of the molecule is NC(=O)CC[C@@H](NC(=O)NCCc1ccc(Br)s1)C(=O)O. The van der Waals surface area contributed by atoms with Crippen molar-refractivity contribution in [3.05, 3.63) is 20.8 Å². The molecule has 7 nitrogen and oxygen atoms in total. The molecule has 0 aliphatic heterocycles. The predicted octanol–water partition coefficient (Wildman–Crippen LogP) is 1.07. The highest BCUT2D eigenvalue weighted by molar-refractivity contribution is 9.11. The zero-order valence-corrected chi connectivity index (χ0v) is 13.5. The van der Waals surface area contributed by atoms with Crippen molar-refractivity contribution in [2.24, 2.45) is 5.73 Å². The molecule has 5 N–H and O–H groups in total. The van der Waals surface area contributed by atoms with Gasteiger partial charge in [-0.1, -0.05) is 0 Å². The fraction of sp³-hybridized carbons (Fsp3) is 0.417. The Balaban J connectivity index is 2.32. The Morgan fingerprint density at radius 2 is 2.10 bits per heavy atom. The maximum Gasteiger partial charge on any atom is 0.326 e. The number of nitrogens with two attached hydrogens (primary N) is 1. The van der Waals surface area contributed by atoms with E-state index in [0.717, 1.165) is 8.66 Å². The van der Waals surface area contributed by atoms with Crippen LogP contribution in [-0.2, 0) is 16.0 Å². The van der Waals surface area contributed by atoms with Crippen LogP contribution in [-0.4, -0.2) is 35.6 Å². The van der Waals surface area contributed by atoms with Gasteiger partial charge in [0.05, 0.1) is 3.79 Å². The minimum absolute atomic E-state index is 0.0318. The van der Waals surface area contributed by atoms with Crippen molar-refractivity contribution < 1.29 is 19.5 Å². The third-order valence-corrected chi connectivity index (χ3v) is 4.25. The molecule has 9 heteroatoms. The summed E-state index contributed by atoms with van der Waals surface area (Å²) in [7, 11) is 0. The first-order chi connectivity index (χ1) is 9.88. The van der Waals surface area contributed by atoms with E-state index in [1.54, 1.807) is 11.3 Å². The second-order valence-electron chi connectivity index (χ2n) is 4.25. The molecule has 1 rings (SSSR count). The molecule has 1 heterocycles. The van der Waals surface area contributed by atoms with Crippen molar-refractivity contribution in [2.75, 3.05) is 6.54 Å². The monoisotopic (exact) mass is 377 g/mol. The number of hydrogen-bond donors (Lipinski definition) is 4. The number of carboxylic acid groups (broad SMARTS) is 1. The highest BCUT2D eigenvalue weighted by Gasteiger charge is 2.20. The Bertz CT molecular complexity index is 520. The molecule has 116 valence electrons. The Morgan fingerprint density at radius 3 is 2.62 bits per heavy atom. The van der Waals surface area contributed by atoms with Crippen molar-refractivity contribution in [2.45, 2.75) is 25.3 Å². The normalized spacial score (nSPS) is 11.7. The summed E-state index contributed by atoms with van der Waals surface area (Å²) < 4.78 is 1.01. The molecule has 0 fully saturated rings. The Kier molecular flexibility index (Phi) is 7.17. The van der Waals surface area contributed by atoms with E-state index in [4.69, 9.17) is 10.8 Å². The standard InChI is InChI=1S/C12H16BrN3O4S/c13-9-3-1-7(21-9)5-6-15-12(20)16-8(11(18)19)2-4-10(14)17/h1,3,8H,2,4-6H2,(H2,14,17)(H,18,19)(H2,15,16,20)/t8-/m1/s1. The number of aliphatic carboxylic acids is 1. The summed E-state index contributed by atoms with van der Waals surface area (Å²) >= 11 is 4.92. The van der Waals surface area contributed by atoms with Crippen LogP contribution in [0.15, 0.2) is 15.9 Å². The van der Waals surface area contributed by atoms with Crippen LogP contribution in [0.3, 0.4) is 0 Å². The third-order valence-electron chi connectivity index (χ3n) is 2.57. The molecule has 0 spiro atoms. The van der Waals surface area contributed by atoms with Gasteiger partial charge in [-0.25, -0.2) is 9.59 Å². The first-order valence-electron chi connectivity index (χ1n) is 6.18.